The Morgan fingerprint density at radius 2 is 1.79 bits per heavy atom. The molecule has 2 rings (SSSR count). The lowest BCUT2D eigenvalue weighted by atomic mass is 9.76. The molecule has 11 heteroatoms. The van der Waals surface area contributed by atoms with E-state index in [0.29, 0.717) is 37.4 Å². The van der Waals surface area contributed by atoms with Crippen LogP contribution in [-0.2, 0) is 20.7 Å². The molecule has 1 amide bonds. The molecule has 156 valence electrons. The van der Waals surface area contributed by atoms with Crippen LogP contribution in [0.25, 0.3) is 0 Å². The van der Waals surface area contributed by atoms with E-state index in [9.17, 15) is 27.1 Å². The van der Waals surface area contributed by atoms with Crippen molar-refractivity contribution in [2.24, 2.45) is 0 Å². The molecule has 1 aromatic carbocycles. The number of ether oxygens (including phenoxy) is 1. The zero-order valence-corrected chi connectivity index (χ0v) is 17.3. The van der Waals surface area contributed by atoms with Gasteiger partial charge in [0.25, 0.3) is 0 Å². The van der Waals surface area contributed by atoms with E-state index < -0.39 is 34.8 Å². The molecule has 1 aliphatic heterocycles. The summed E-state index contributed by atoms with van der Waals surface area (Å²) in [6.45, 7) is 8.69. The molecular formula is C17H26BFN2O6S. The monoisotopic (exact) mass is 416 g/mol. The lowest BCUT2D eigenvalue weighted by Gasteiger charge is -2.37. The van der Waals surface area contributed by atoms with Gasteiger partial charge in [-0.1, -0.05) is 6.07 Å². The third-order valence-electron chi connectivity index (χ3n) is 4.37. The Morgan fingerprint density at radius 1 is 1.21 bits per heavy atom. The van der Waals surface area contributed by atoms with Gasteiger partial charge in [-0.2, -0.15) is 8.42 Å². The van der Waals surface area contributed by atoms with E-state index in [2.05, 4.69) is 0 Å². The van der Waals surface area contributed by atoms with Crippen LogP contribution in [0.2, 0.25) is 0 Å². The van der Waals surface area contributed by atoms with Crippen molar-refractivity contribution in [1.29, 1.82) is 0 Å². The molecule has 0 aromatic heterocycles. The van der Waals surface area contributed by atoms with Crippen LogP contribution in [0, 0.1) is 6.92 Å². The molecule has 8 nitrogen and oxygen atoms in total. The Morgan fingerprint density at radius 3 is 2.25 bits per heavy atom. The van der Waals surface area contributed by atoms with Crippen molar-refractivity contribution in [3.8, 4) is 0 Å². The van der Waals surface area contributed by atoms with Crippen LogP contribution < -0.4 is 10.4 Å². The second kappa shape index (κ2) is 8.26. The molecule has 1 aliphatic rings. The molecule has 0 aliphatic carbocycles. The lowest BCUT2D eigenvalue weighted by molar-refractivity contribution is 0.0240. The maximum Gasteiger partial charge on any atom is 0.488 e. The minimum absolute atomic E-state index is 0.116. The molecule has 0 saturated carbocycles. The molecular weight excluding hydrogens is 390 g/mol. The van der Waals surface area contributed by atoms with Crippen molar-refractivity contribution in [3.05, 3.63) is 23.3 Å². The summed E-state index contributed by atoms with van der Waals surface area (Å²) < 4.78 is 40.5. The van der Waals surface area contributed by atoms with Crippen molar-refractivity contribution in [3.63, 3.8) is 0 Å². The van der Waals surface area contributed by atoms with Crippen LogP contribution >= 0.6 is 0 Å². The number of halogens is 1. The van der Waals surface area contributed by atoms with E-state index in [1.165, 1.54) is 12.1 Å². The van der Waals surface area contributed by atoms with Crippen LogP contribution in [0.4, 0.5) is 14.4 Å². The van der Waals surface area contributed by atoms with Crippen molar-refractivity contribution >= 4 is 34.6 Å². The highest BCUT2D eigenvalue weighted by Crippen LogP contribution is 2.24. The van der Waals surface area contributed by atoms with E-state index in [1.807, 2.05) is 4.90 Å². The first-order valence-corrected chi connectivity index (χ1v) is 10.5. The summed E-state index contributed by atoms with van der Waals surface area (Å²) in [5, 5.41) is 19.2. The predicted molar refractivity (Wildman–Crippen MR) is 105 cm³/mol. The van der Waals surface area contributed by atoms with Gasteiger partial charge in [0.05, 0.1) is 0 Å². The van der Waals surface area contributed by atoms with Gasteiger partial charge in [0.1, 0.15) is 11.4 Å². The van der Waals surface area contributed by atoms with Gasteiger partial charge in [0.15, 0.2) is 0 Å². The fourth-order valence-electron chi connectivity index (χ4n) is 3.12. The molecule has 1 aromatic rings. The highest BCUT2D eigenvalue weighted by molar-refractivity contribution is 7.85. The number of hydrogen-bond acceptors (Lipinski definition) is 7. The molecule has 0 atom stereocenters. The van der Waals surface area contributed by atoms with Crippen LogP contribution in [0.3, 0.4) is 0 Å². The average molecular weight is 416 g/mol. The Kier molecular flexibility index (Phi) is 6.62. The minimum Gasteiger partial charge on any atom is -0.444 e. The second-order valence-electron chi connectivity index (χ2n) is 7.84. The third-order valence-corrected chi connectivity index (χ3v) is 5.05. The van der Waals surface area contributed by atoms with Gasteiger partial charge in [-0.25, -0.2) is 4.79 Å². The Labute approximate surface area is 165 Å². The Hall–Kier alpha value is -1.85. The first-order valence-electron chi connectivity index (χ1n) is 8.91. The summed E-state index contributed by atoms with van der Waals surface area (Å²) in [6, 6.07) is 2.80. The third kappa shape index (κ3) is 6.08. The largest absolute Gasteiger partial charge is 0.488 e. The van der Waals surface area contributed by atoms with Crippen molar-refractivity contribution in [2.75, 3.05) is 31.1 Å². The standard InChI is InChI=1S/C17H26BFN2O6S/c1-12-14(18(23)24)9-13(11-28(19,25)26)10-15(12)20-5-7-21(8-6-20)16(22)27-17(2,3)4/h9-10,23-24H,5-8,11H2,1-4H3. The smallest absolute Gasteiger partial charge is 0.444 e. The quantitative estimate of drug-likeness (QED) is 0.545. The zero-order valence-electron chi connectivity index (χ0n) is 16.5. The first kappa shape index (κ1) is 22.4. The van der Waals surface area contributed by atoms with E-state index in [-0.39, 0.29) is 11.0 Å². The van der Waals surface area contributed by atoms with Gasteiger partial charge in [0, 0.05) is 31.9 Å². The second-order valence-corrected chi connectivity index (χ2v) is 9.21. The molecule has 1 heterocycles. The molecule has 28 heavy (non-hydrogen) atoms. The Bertz CT molecular complexity index is 833. The van der Waals surface area contributed by atoms with E-state index in [1.54, 1.807) is 32.6 Å². The van der Waals surface area contributed by atoms with Gasteiger partial charge in [0.2, 0.25) is 0 Å². The average Bonchev–Trinajstić information content (AvgIpc) is 2.53. The van der Waals surface area contributed by atoms with E-state index >= 15 is 0 Å². The summed E-state index contributed by atoms with van der Waals surface area (Å²) >= 11 is 0. The van der Waals surface area contributed by atoms with Crippen LogP contribution in [0.15, 0.2) is 12.1 Å². The number of amides is 1. The van der Waals surface area contributed by atoms with E-state index in [0.717, 1.165) is 0 Å². The van der Waals surface area contributed by atoms with Gasteiger partial charge < -0.3 is 24.6 Å². The molecule has 1 fully saturated rings. The molecule has 0 bridgehead atoms. The number of rotatable bonds is 4. The summed E-state index contributed by atoms with van der Waals surface area (Å²) in [5.41, 5.74) is 0.781. The summed E-state index contributed by atoms with van der Waals surface area (Å²) in [5.74, 6) is -0.849. The minimum atomic E-state index is -4.77. The lowest BCUT2D eigenvalue weighted by Crippen LogP contribution is -2.50. The normalized spacial score (nSPS) is 15.5. The number of hydrogen-bond donors (Lipinski definition) is 2. The van der Waals surface area contributed by atoms with Gasteiger partial charge >= 0.3 is 23.4 Å². The Balaban J connectivity index is 2.22. The highest BCUT2D eigenvalue weighted by atomic mass is 32.3. The maximum atomic E-state index is 13.1. The molecule has 0 radical (unpaired) electrons. The van der Waals surface area contributed by atoms with Gasteiger partial charge in [-0.05, 0) is 50.4 Å². The van der Waals surface area contributed by atoms with Gasteiger partial charge in [-0.3, -0.25) is 0 Å². The van der Waals surface area contributed by atoms with Crippen LogP contribution in [0.5, 0.6) is 0 Å². The fraction of sp³-hybridized carbons (Fsp3) is 0.588. The number of piperazine rings is 1. The maximum absolute atomic E-state index is 13.1. The first-order chi connectivity index (χ1) is 12.8. The number of carbonyl (C=O) groups is 1. The summed E-state index contributed by atoms with van der Waals surface area (Å²) in [7, 11) is -6.58. The molecule has 0 spiro atoms. The topological polar surface area (TPSA) is 107 Å². The highest BCUT2D eigenvalue weighted by Gasteiger charge is 2.28. The van der Waals surface area contributed by atoms with Gasteiger partial charge in [-0.15, -0.1) is 3.89 Å². The number of nitrogens with zero attached hydrogens (tertiary/aromatic N) is 2. The van der Waals surface area contributed by atoms with Crippen LogP contribution in [-0.4, -0.2) is 68.4 Å². The number of carbonyl (C=O) groups excluding carboxylic acids is 1. The van der Waals surface area contributed by atoms with Crippen molar-refractivity contribution < 1.29 is 31.9 Å². The SMILES string of the molecule is Cc1c(B(O)O)cc(CS(=O)(=O)F)cc1N1CCN(C(=O)OC(C)(C)C)CC1. The summed E-state index contributed by atoms with van der Waals surface area (Å²) in [4.78, 5) is 15.7. The van der Waals surface area contributed by atoms with E-state index in [4.69, 9.17) is 4.74 Å². The number of benzene rings is 1. The molecule has 1 saturated heterocycles. The number of anilines is 1. The molecule has 2 N–H and O–H groups in total. The molecule has 0 unspecified atom stereocenters. The van der Waals surface area contributed by atoms with Crippen LogP contribution in [0.1, 0.15) is 31.9 Å². The van der Waals surface area contributed by atoms with Crippen molar-refractivity contribution in [2.45, 2.75) is 39.0 Å². The van der Waals surface area contributed by atoms with Crippen molar-refractivity contribution in [1.82, 2.24) is 4.90 Å². The predicted octanol–water partition coefficient (Wildman–Crippen LogP) is 0.531. The fourth-order valence-corrected chi connectivity index (χ4v) is 3.68. The zero-order chi connectivity index (χ0) is 21.3. The summed E-state index contributed by atoms with van der Waals surface area (Å²) in [6.07, 6.45) is -0.410.